The van der Waals surface area contributed by atoms with Crippen LogP contribution in [0.15, 0.2) is 97.1 Å². The molecule has 0 radical (unpaired) electrons. The van der Waals surface area contributed by atoms with Gasteiger partial charge in [0.15, 0.2) is 0 Å². The van der Waals surface area contributed by atoms with Crippen molar-refractivity contribution < 1.29 is 29.2 Å². The van der Waals surface area contributed by atoms with Crippen LogP contribution in [0, 0.1) is 10.1 Å². The van der Waals surface area contributed by atoms with Gasteiger partial charge >= 0.3 is 5.97 Å². The smallest absolute Gasteiger partial charge is 0.335 e. The molecule has 0 saturated carbocycles. The molecule has 2 N–H and O–H groups in total. The molecule has 0 spiro atoms. The molecule has 4 aromatic rings. The van der Waals surface area contributed by atoms with Crippen LogP contribution in [0.25, 0.3) is 0 Å². The first-order valence-electron chi connectivity index (χ1n) is 21.4. The average Bonchev–Trinajstić information content (AvgIpc) is 3.25. The first-order valence-corrected chi connectivity index (χ1v) is 21.4. The summed E-state index contributed by atoms with van der Waals surface area (Å²) in [6.45, 7) is 5.35. The lowest BCUT2D eigenvalue weighted by molar-refractivity contribution is -0.384. The van der Waals surface area contributed by atoms with Gasteiger partial charge in [-0.2, -0.15) is 0 Å². The summed E-state index contributed by atoms with van der Waals surface area (Å²) in [5, 5.41) is 23.5. The third-order valence-corrected chi connectivity index (χ3v) is 10.5. The lowest BCUT2D eigenvalue weighted by atomic mass is 10.1. The lowest BCUT2D eigenvalue weighted by Crippen LogP contribution is -2.32. The molecule has 0 aliphatic rings. The van der Waals surface area contributed by atoms with Crippen LogP contribution < -0.4 is 15.1 Å². The number of rotatable bonds is 26. The number of non-ortho nitro benzene ring substituents is 1. The maximum atomic E-state index is 13.8. The van der Waals surface area contributed by atoms with Crippen LogP contribution in [0.2, 0.25) is 0 Å². The van der Waals surface area contributed by atoms with E-state index in [-0.39, 0.29) is 29.0 Å². The van der Waals surface area contributed by atoms with Crippen molar-refractivity contribution in [1.82, 2.24) is 0 Å². The maximum absolute atomic E-state index is 13.8. The predicted molar refractivity (Wildman–Crippen MR) is 236 cm³/mol. The van der Waals surface area contributed by atoms with E-state index in [9.17, 15) is 34.4 Å². The number of carboxylic acid groups (broad SMARTS) is 1. The number of amides is 3. The molecule has 0 aliphatic carbocycles. The number of hydrogen-bond acceptors (Lipinski definition) is 6. The number of hydrogen-bond donors (Lipinski definition) is 2. The molecule has 11 nitrogen and oxygen atoms in total. The molecule has 0 heterocycles. The summed E-state index contributed by atoms with van der Waals surface area (Å²) in [5.41, 5.74) is 2.95. The number of nitrogens with one attached hydrogen (secondary N) is 1. The number of nitro benzene ring substituents is 1. The highest BCUT2D eigenvalue weighted by atomic mass is 16.6. The quantitative estimate of drug-likeness (QED) is 0.0364. The van der Waals surface area contributed by atoms with E-state index in [4.69, 9.17) is 0 Å². The molecule has 0 saturated heterocycles. The first-order chi connectivity index (χ1) is 28.6. The topological polar surface area (TPSA) is 150 Å². The molecule has 4 aromatic carbocycles. The van der Waals surface area contributed by atoms with E-state index in [1.54, 1.807) is 70.5 Å². The van der Waals surface area contributed by atoms with Crippen LogP contribution in [-0.2, 0) is 0 Å². The molecule has 0 fully saturated rings. The van der Waals surface area contributed by atoms with E-state index in [1.807, 2.05) is 0 Å². The standard InChI is InChI=1S/C48H60N4O7/c1-3-5-7-9-11-13-15-17-35-50(47(55)39-23-33-44(34-24-39)52(58)59)42-29-21-37(22-30-42)45(53)49-41-27-19-38(20-28-41)46(54)51(36-18-16-14-12-10-8-6-4-2)43-31-25-40(26-32-43)48(56)57/h19-34H,3-18,35-36H2,1-2H3,(H,49,53)(H,56,57). The van der Waals surface area contributed by atoms with Gasteiger partial charge in [0.25, 0.3) is 23.4 Å². The zero-order chi connectivity index (χ0) is 42.4. The normalized spacial score (nSPS) is 10.9. The first kappa shape index (κ1) is 45.9. The number of carbonyl (C=O) groups is 4. The molecule has 59 heavy (non-hydrogen) atoms. The molecule has 0 bridgehead atoms. The number of nitro groups is 1. The highest BCUT2D eigenvalue weighted by Gasteiger charge is 2.21. The summed E-state index contributed by atoms with van der Waals surface area (Å²) < 4.78 is 0. The molecule has 0 unspecified atom stereocenters. The van der Waals surface area contributed by atoms with Gasteiger partial charge in [-0.1, -0.05) is 104 Å². The minimum atomic E-state index is -1.03. The van der Waals surface area contributed by atoms with Gasteiger partial charge in [0.1, 0.15) is 0 Å². The second-order valence-electron chi connectivity index (χ2n) is 15.1. The predicted octanol–water partition coefficient (Wildman–Crippen LogP) is 12.1. The molecular weight excluding hydrogens is 745 g/mol. The molecule has 0 aromatic heterocycles. The zero-order valence-corrected chi connectivity index (χ0v) is 34.7. The minimum Gasteiger partial charge on any atom is -0.478 e. The molecule has 0 atom stereocenters. The van der Waals surface area contributed by atoms with Gasteiger partial charge in [-0.15, -0.1) is 0 Å². The molecular formula is C48H60N4O7. The fourth-order valence-electron chi connectivity index (χ4n) is 7.02. The fraction of sp³-hybridized carbons (Fsp3) is 0.417. The molecule has 3 amide bonds. The summed E-state index contributed by atoms with van der Waals surface area (Å²) >= 11 is 0. The average molecular weight is 805 g/mol. The van der Waals surface area contributed by atoms with E-state index in [2.05, 4.69) is 19.2 Å². The van der Waals surface area contributed by atoms with Gasteiger partial charge < -0.3 is 20.2 Å². The van der Waals surface area contributed by atoms with E-state index >= 15 is 0 Å². The largest absolute Gasteiger partial charge is 0.478 e. The Morgan fingerprint density at radius 1 is 0.508 bits per heavy atom. The highest BCUT2D eigenvalue weighted by molar-refractivity contribution is 6.09. The second kappa shape index (κ2) is 24.8. The van der Waals surface area contributed by atoms with Gasteiger partial charge in [-0.05, 0) is 97.8 Å². The van der Waals surface area contributed by atoms with Crippen molar-refractivity contribution in [2.75, 3.05) is 28.2 Å². The number of nitrogens with zero attached hydrogens (tertiary/aromatic N) is 3. The Kier molecular flexibility index (Phi) is 19.3. The Balaban J connectivity index is 1.41. The summed E-state index contributed by atoms with van der Waals surface area (Å²) in [6.07, 6.45) is 17.9. The zero-order valence-electron chi connectivity index (χ0n) is 34.7. The molecule has 11 heteroatoms. The Morgan fingerprint density at radius 2 is 0.864 bits per heavy atom. The van der Waals surface area contributed by atoms with Gasteiger partial charge in [0.2, 0.25) is 0 Å². The number of unbranched alkanes of at least 4 members (excludes halogenated alkanes) is 14. The van der Waals surface area contributed by atoms with Crippen LogP contribution in [-0.4, -0.2) is 46.8 Å². The third kappa shape index (κ3) is 14.8. The molecule has 4 rings (SSSR count). The van der Waals surface area contributed by atoms with E-state index in [0.717, 1.165) is 44.9 Å². The van der Waals surface area contributed by atoms with E-state index in [1.165, 1.54) is 94.2 Å². The SMILES string of the molecule is CCCCCCCCCCN(C(=O)c1ccc(NC(=O)c2ccc(N(CCCCCCCCCC)C(=O)c3ccc([N+](=O)[O-])cc3)cc2)cc1)c1ccc(C(=O)O)cc1. The second-order valence-corrected chi connectivity index (χ2v) is 15.1. The Hall–Kier alpha value is -5.84. The van der Waals surface area contributed by atoms with E-state index < -0.39 is 10.9 Å². The summed E-state index contributed by atoms with van der Waals surface area (Å²) in [5.74, 6) is -1.88. The number of benzene rings is 4. The fourth-order valence-corrected chi connectivity index (χ4v) is 7.02. The van der Waals surface area contributed by atoms with Gasteiger partial charge in [-0.25, -0.2) is 4.79 Å². The van der Waals surface area contributed by atoms with Crippen LogP contribution in [0.3, 0.4) is 0 Å². The Morgan fingerprint density at radius 3 is 1.25 bits per heavy atom. The van der Waals surface area contributed by atoms with Crippen molar-refractivity contribution in [2.45, 2.75) is 117 Å². The maximum Gasteiger partial charge on any atom is 0.335 e. The van der Waals surface area contributed by atoms with Crippen molar-refractivity contribution in [2.24, 2.45) is 0 Å². The third-order valence-electron chi connectivity index (χ3n) is 10.5. The van der Waals surface area contributed by atoms with Crippen LogP contribution in [0.5, 0.6) is 0 Å². The molecule has 0 aliphatic heterocycles. The van der Waals surface area contributed by atoms with Crippen LogP contribution >= 0.6 is 0 Å². The van der Waals surface area contributed by atoms with E-state index in [0.29, 0.717) is 46.8 Å². The Labute approximate surface area is 349 Å². The minimum absolute atomic E-state index is 0.0892. The summed E-state index contributed by atoms with van der Waals surface area (Å²) in [7, 11) is 0. The number of anilines is 3. The van der Waals surface area contributed by atoms with Crippen LogP contribution in [0.4, 0.5) is 22.7 Å². The summed E-state index contributed by atoms with van der Waals surface area (Å²) in [4.78, 5) is 66.4. The molecule has 314 valence electrons. The lowest BCUT2D eigenvalue weighted by Gasteiger charge is -2.23. The van der Waals surface area contributed by atoms with Crippen molar-refractivity contribution in [3.05, 3.63) is 129 Å². The Bertz CT molecular complexity index is 1930. The summed E-state index contributed by atoms with van der Waals surface area (Å²) in [6, 6.07) is 25.4. The van der Waals surface area contributed by atoms with Crippen molar-refractivity contribution in [3.63, 3.8) is 0 Å². The van der Waals surface area contributed by atoms with Crippen molar-refractivity contribution in [3.8, 4) is 0 Å². The highest BCUT2D eigenvalue weighted by Crippen LogP contribution is 2.24. The van der Waals surface area contributed by atoms with Crippen molar-refractivity contribution in [1.29, 1.82) is 0 Å². The number of carboxylic acids is 1. The van der Waals surface area contributed by atoms with Crippen LogP contribution in [0.1, 0.15) is 158 Å². The number of aromatic carboxylic acids is 1. The monoisotopic (exact) mass is 804 g/mol. The van der Waals surface area contributed by atoms with Crippen molar-refractivity contribution >= 4 is 46.4 Å². The van der Waals surface area contributed by atoms with Gasteiger partial charge in [-0.3, -0.25) is 24.5 Å². The number of carbonyl (C=O) groups excluding carboxylic acids is 3. The van der Waals surface area contributed by atoms with Gasteiger partial charge in [0, 0.05) is 59.0 Å². The van der Waals surface area contributed by atoms with Gasteiger partial charge in [0.05, 0.1) is 10.5 Å².